The van der Waals surface area contributed by atoms with Gasteiger partial charge in [-0.25, -0.2) is 9.59 Å². The van der Waals surface area contributed by atoms with Crippen molar-refractivity contribution in [2.75, 3.05) is 19.5 Å². The molecule has 17 heavy (non-hydrogen) atoms. The number of amides is 1. The van der Waals surface area contributed by atoms with E-state index >= 15 is 0 Å². The van der Waals surface area contributed by atoms with E-state index in [2.05, 4.69) is 14.8 Å². The first-order valence-corrected chi connectivity index (χ1v) is 5.33. The van der Waals surface area contributed by atoms with Gasteiger partial charge in [-0.05, 0) is 12.5 Å². The Morgan fingerprint density at radius 2 is 2.00 bits per heavy atom. The van der Waals surface area contributed by atoms with E-state index < -0.39 is 12.1 Å². The lowest BCUT2D eigenvalue weighted by Crippen LogP contribution is -2.10. The smallest absolute Gasteiger partial charge is 0.411 e. The number of thiophene rings is 1. The van der Waals surface area contributed by atoms with Gasteiger partial charge < -0.3 is 9.47 Å². The van der Waals surface area contributed by atoms with Crippen LogP contribution in [0.15, 0.2) is 0 Å². The number of rotatable bonds is 2. The minimum absolute atomic E-state index is 0.237. The first-order valence-electron chi connectivity index (χ1n) is 4.51. The van der Waals surface area contributed by atoms with Gasteiger partial charge in [0.05, 0.1) is 19.8 Å². The van der Waals surface area contributed by atoms with Gasteiger partial charge in [0.15, 0.2) is 0 Å². The number of ether oxygens (including phenoxy) is 2. The minimum atomic E-state index is -0.695. The summed E-state index contributed by atoms with van der Waals surface area (Å²) in [6, 6.07) is 1.93. The summed E-state index contributed by atoms with van der Waals surface area (Å²) in [4.78, 5) is 22.8. The van der Waals surface area contributed by atoms with Crippen LogP contribution in [0.1, 0.15) is 20.8 Å². The summed E-state index contributed by atoms with van der Waals surface area (Å²) in [7, 11) is 2.46. The van der Waals surface area contributed by atoms with E-state index in [0.717, 1.165) is 11.3 Å². The number of carbonyl (C=O) groups is 2. The zero-order chi connectivity index (χ0) is 13.0. The second-order valence-corrected chi connectivity index (χ2v) is 4.00. The molecule has 0 fully saturated rings. The van der Waals surface area contributed by atoms with Crippen molar-refractivity contribution in [2.24, 2.45) is 0 Å². The Morgan fingerprint density at radius 3 is 2.47 bits per heavy atom. The van der Waals surface area contributed by atoms with Gasteiger partial charge in [0.1, 0.15) is 15.9 Å². The molecule has 0 saturated carbocycles. The predicted octanol–water partition coefficient (Wildman–Crippen LogP) is 1.89. The van der Waals surface area contributed by atoms with Gasteiger partial charge in [-0.15, -0.1) is 11.3 Å². The standard InChI is InChI=1S/C10H10N2O4S/c1-5-6(4-11)8(12-10(14)16-3)17-7(5)9(13)15-2/h1-3H3,(H,12,14). The minimum Gasteiger partial charge on any atom is -0.465 e. The number of hydrogen-bond acceptors (Lipinski definition) is 6. The predicted molar refractivity (Wildman–Crippen MR) is 61.1 cm³/mol. The highest BCUT2D eigenvalue weighted by Gasteiger charge is 2.21. The number of carbonyl (C=O) groups excluding carboxylic acids is 2. The Morgan fingerprint density at radius 1 is 1.35 bits per heavy atom. The molecule has 0 bridgehead atoms. The summed E-state index contributed by atoms with van der Waals surface area (Å²) < 4.78 is 9.00. The van der Waals surface area contributed by atoms with Crippen LogP contribution in [-0.4, -0.2) is 26.3 Å². The molecular weight excluding hydrogens is 244 g/mol. The Bertz CT molecular complexity index is 501. The van der Waals surface area contributed by atoms with Crippen molar-refractivity contribution in [3.63, 3.8) is 0 Å². The molecule has 0 saturated heterocycles. The lowest BCUT2D eigenvalue weighted by Gasteiger charge is -1.99. The van der Waals surface area contributed by atoms with Crippen LogP contribution in [0, 0.1) is 18.3 Å². The molecule has 0 aromatic carbocycles. The van der Waals surface area contributed by atoms with Crippen LogP contribution in [0.4, 0.5) is 9.80 Å². The van der Waals surface area contributed by atoms with Crippen molar-refractivity contribution in [2.45, 2.75) is 6.92 Å². The number of nitrogens with zero attached hydrogens (tertiary/aromatic N) is 1. The highest BCUT2D eigenvalue weighted by atomic mass is 32.1. The van der Waals surface area contributed by atoms with Crippen molar-refractivity contribution in [3.8, 4) is 6.07 Å². The molecule has 0 radical (unpaired) electrons. The maximum atomic E-state index is 11.4. The topological polar surface area (TPSA) is 88.4 Å². The number of esters is 1. The lowest BCUT2D eigenvalue weighted by molar-refractivity contribution is 0.0605. The van der Waals surface area contributed by atoms with Crippen molar-refractivity contribution in [3.05, 3.63) is 16.0 Å². The van der Waals surface area contributed by atoms with E-state index in [9.17, 15) is 9.59 Å². The fourth-order valence-corrected chi connectivity index (χ4v) is 2.23. The van der Waals surface area contributed by atoms with Gasteiger partial charge in [-0.2, -0.15) is 5.26 Å². The number of methoxy groups -OCH3 is 2. The molecule has 1 N–H and O–H groups in total. The summed E-state index contributed by atoms with van der Waals surface area (Å²) in [6.45, 7) is 1.61. The van der Waals surface area contributed by atoms with Crippen molar-refractivity contribution in [1.82, 2.24) is 0 Å². The highest BCUT2D eigenvalue weighted by Crippen LogP contribution is 2.32. The molecule has 1 heterocycles. The van der Waals surface area contributed by atoms with Gasteiger partial charge in [-0.1, -0.05) is 0 Å². The van der Waals surface area contributed by atoms with Crippen LogP contribution >= 0.6 is 11.3 Å². The van der Waals surface area contributed by atoms with E-state index in [1.54, 1.807) is 6.92 Å². The van der Waals surface area contributed by atoms with Crippen LogP contribution < -0.4 is 5.32 Å². The fourth-order valence-electron chi connectivity index (χ4n) is 1.17. The molecule has 1 aromatic heterocycles. The van der Waals surface area contributed by atoms with Crippen molar-refractivity contribution >= 4 is 28.4 Å². The molecule has 6 nitrogen and oxygen atoms in total. The number of nitrogens with one attached hydrogen (secondary N) is 1. The van der Waals surface area contributed by atoms with Gasteiger partial charge in [0.2, 0.25) is 0 Å². The first kappa shape index (κ1) is 13.0. The largest absolute Gasteiger partial charge is 0.465 e. The molecule has 1 amide bonds. The first-order chi connectivity index (χ1) is 8.04. The number of anilines is 1. The van der Waals surface area contributed by atoms with Crippen LogP contribution in [0.5, 0.6) is 0 Å². The zero-order valence-corrected chi connectivity index (χ0v) is 10.3. The third-order valence-electron chi connectivity index (χ3n) is 2.03. The molecule has 0 aliphatic heterocycles. The average Bonchev–Trinajstić information content (AvgIpc) is 2.64. The molecule has 0 aliphatic carbocycles. The van der Waals surface area contributed by atoms with Gasteiger partial charge in [0.25, 0.3) is 0 Å². The van der Waals surface area contributed by atoms with Crippen molar-refractivity contribution in [1.29, 1.82) is 5.26 Å². The highest BCUT2D eigenvalue weighted by molar-refractivity contribution is 7.18. The Balaban J connectivity index is 3.19. The van der Waals surface area contributed by atoms with Gasteiger partial charge in [0, 0.05) is 0 Å². The molecule has 0 atom stereocenters. The monoisotopic (exact) mass is 254 g/mol. The maximum Gasteiger partial charge on any atom is 0.411 e. The van der Waals surface area contributed by atoms with E-state index in [-0.39, 0.29) is 15.4 Å². The van der Waals surface area contributed by atoms with E-state index in [1.165, 1.54) is 14.2 Å². The third kappa shape index (κ3) is 2.54. The third-order valence-corrected chi connectivity index (χ3v) is 3.22. The average molecular weight is 254 g/mol. The normalized spacial score (nSPS) is 9.29. The molecule has 0 spiro atoms. The molecule has 1 aromatic rings. The summed E-state index contributed by atoms with van der Waals surface area (Å²) >= 11 is 0.978. The Labute approximate surface area is 102 Å². The summed E-state index contributed by atoms with van der Waals surface area (Å²) in [6.07, 6.45) is -0.695. The van der Waals surface area contributed by atoms with E-state index in [4.69, 9.17) is 5.26 Å². The second kappa shape index (κ2) is 5.32. The lowest BCUT2D eigenvalue weighted by atomic mass is 10.2. The molecule has 90 valence electrons. The molecule has 1 rings (SSSR count). The molecule has 0 unspecified atom stereocenters. The Kier molecular flexibility index (Phi) is 4.06. The van der Waals surface area contributed by atoms with E-state index in [0.29, 0.717) is 5.56 Å². The van der Waals surface area contributed by atoms with E-state index in [1.807, 2.05) is 6.07 Å². The SMILES string of the molecule is COC(=O)Nc1sc(C(=O)OC)c(C)c1C#N. The Hall–Kier alpha value is -2.07. The summed E-state index contributed by atoms with van der Waals surface area (Å²) in [5.74, 6) is -0.540. The van der Waals surface area contributed by atoms with Gasteiger partial charge >= 0.3 is 12.1 Å². The van der Waals surface area contributed by atoms with Gasteiger partial charge in [-0.3, -0.25) is 5.32 Å². The zero-order valence-electron chi connectivity index (χ0n) is 9.49. The molecular formula is C10H10N2O4S. The summed E-state index contributed by atoms with van der Waals surface area (Å²) in [5, 5.41) is 11.6. The van der Waals surface area contributed by atoms with Crippen LogP contribution in [0.2, 0.25) is 0 Å². The summed E-state index contributed by atoms with van der Waals surface area (Å²) in [5.41, 5.74) is 0.719. The number of nitriles is 1. The molecule has 0 aliphatic rings. The fraction of sp³-hybridized carbons (Fsp3) is 0.300. The number of hydrogen-bond donors (Lipinski definition) is 1. The van der Waals surface area contributed by atoms with Crippen LogP contribution in [0.25, 0.3) is 0 Å². The molecule has 7 heteroatoms. The quantitative estimate of drug-likeness (QED) is 0.814. The van der Waals surface area contributed by atoms with Crippen molar-refractivity contribution < 1.29 is 19.1 Å². The maximum absolute atomic E-state index is 11.4. The van der Waals surface area contributed by atoms with Crippen LogP contribution in [0.3, 0.4) is 0 Å². The second-order valence-electron chi connectivity index (χ2n) is 2.98. The van der Waals surface area contributed by atoms with Crippen LogP contribution in [-0.2, 0) is 9.47 Å².